The van der Waals surface area contributed by atoms with Gasteiger partial charge in [-0.2, -0.15) is 4.31 Å². The first-order chi connectivity index (χ1) is 11.9. The monoisotopic (exact) mass is 382 g/mol. The molecule has 3 rings (SSSR count). The minimum absolute atomic E-state index is 0.0501. The fourth-order valence-corrected chi connectivity index (χ4v) is 5.15. The fraction of sp³-hybridized carbons (Fsp3) is 0.375. The van der Waals surface area contributed by atoms with Crippen molar-refractivity contribution in [1.82, 2.24) is 9.46 Å². The highest BCUT2D eigenvalue weighted by atomic mass is 32.2. The van der Waals surface area contributed by atoms with Crippen LogP contribution in [0.4, 0.5) is 0 Å². The highest BCUT2D eigenvalue weighted by Crippen LogP contribution is 2.29. The van der Waals surface area contributed by atoms with Gasteiger partial charge in [0.05, 0.1) is 5.92 Å². The van der Waals surface area contributed by atoms with E-state index in [2.05, 4.69) is 5.16 Å². The number of aromatic nitrogens is 1. The van der Waals surface area contributed by atoms with Gasteiger partial charge in [-0.15, -0.1) is 11.3 Å². The van der Waals surface area contributed by atoms with E-state index < -0.39 is 21.9 Å². The summed E-state index contributed by atoms with van der Waals surface area (Å²) in [6.45, 7) is 1.94. The van der Waals surface area contributed by atoms with E-state index in [-0.39, 0.29) is 23.7 Å². The van der Waals surface area contributed by atoms with Crippen LogP contribution in [0.25, 0.3) is 12.2 Å². The molecule has 1 N–H and O–H groups in total. The van der Waals surface area contributed by atoms with E-state index in [1.807, 2.05) is 17.5 Å². The molecule has 0 aromatic carbocycles. The van der Waals surface area contributed by atoms with Gasteiger partial charge in [-0.3, -0.25) is 4.79 Å². The number of nitrogens with zero attached hydrogens (tertiary/aromatic N) is 2. The molecule has 1 aliphatic rings. The Morgan fingerprint density at radius 2 is 2.12 bits per heavy atom. The fourth-order valence-electron chi connectivity index (χ4n) is 2.81. The second-order valence-corrected chi connectivity index (χ2v) is 8.68. The van der Waals surface area contributed by atoms with Crippen LogP contribution in [0.5, 0.6) is 0 Å². The first kappa shape index (κ1) is 17.8. The molecule has 134 valence electrons. The molecule has 0 bridgehead atoms. The Balaban J connectivity index is 1.85. The molecule has 0 amide bonds. The highest BCUT2D eigenvalue weighted by molar-refractivity contribution is 7.89. The molecule has 0 atom stereocenters. The number of aliphatic carboxylic acids is 1. The predicted molar refractivity (Wildman–Crippen MR) is 93.6 cm³/mol. The third-order valence-corrected chi connectivity index (χ3v) is 7.07. The Morgan fingerprint density at radius 1 is 1.40 bits per heavy atom. The first-order valence-corrected chi connectivity index (χ1v) is 10.1. The molecule has 2 aromatic heterocycles. The summed E-state index contributed by atoms with van der Waals surface area (Å²) in [5, 5.41) is 14.8. The lowest BCUT2D eigenvalue weighted by molar-refractivity contribution is -0.142. The van der Waals surface area contributed by atoms with Crippen LogP contribution in [0.15, 0.2) is 26.9 Å². The quantitative estimate of drug-likeness (QED) is 0.853. The number of hydrogen-bond donors (Lipinski definition) is 1. The Morgan fingerprint density at radius 3 is 2.72 bits per heavy atom. The predicted octanol–water partition coefficient (Wildman–Crippen LogP) is 2.70. The Labute approximate surface area is 149 Å². The summed E-state index contributed by atoms with van der Waals surface area (Å²) in [6, 6.07) is 3.81. The van der Waals surface area contributed by atoms with E-state index in [1.165, 1.54) is 15.6 Å². The number of carbonyl (C=O) groups is 1. The van der Waals surface area contributed by atoms with Gasteiger partial charge < -0.3 is 9.63 Å². The van der Waals surface area contributed by atoms with Crippen LogP contribution in [0.2, 0.25) is 0 Å². The summed E-state index contributed by atoms with van der Waals surface area (Å²) in [5.74, 6) is -1.18. The Bertz CT molecular complexity index is 876. The lowest BCUT2D eigenvalue weighted by Crippen LogP contribution is -2.40. The average molecular weight is 382 g/mol. The van der Waals surface area contributed by atoms with E-state index >= 15 is 0 Å². The van der Waals surface area contributed by atoms with Gasteiger partial charge in [0, 0.05) is 18.0 Å². The van der Waals surface area contributed by atoms with Crippen LogP contribution >= 0.6 is 11.3 Å². The van der Waals surface area contributed by atoms with Crippen molar-refractivity contribution in [2.75, 3.05) is 13.1 Å². The van der Waals surface area contributed by atoms with Crippen molar-refractivity contribution in [3.05, 3.63) is 33.8 Å². The number of carboxylic acids is 1. The lowest BCUT2D eigenvalue weighted by atomic mass is 9.99. The summed E-state index contributed by atoms with van der Waals surface area (Å²) in [5.41, 5.74) is 0.297. The molecule has 1 saturated heterocycles. The number of aryl methyl sites for hydroxylation is 1. The topological polar surface area (TPSA) is 101 Å². The van der Waals surface area contributed by atoms with Crippen molar-refractivity contribution in [3.8, 4) is 0 Å². The molecule has 1 fully saturated rings. The Hall–Kier alpha value is -1.97. The maximum Gasteiger partial charge on any atom is 0.306 e. The van der Waals surface area contributed by atoms with E-state index in [9.17, 15) is 13.2 Å². The van der Waals surface area contributed by atoms with Gasteiger partial charge in [0.15, 0.2) is 10.7 Å². The highest BCUT2D eigenvalue weighted by Gasteiger charge is 2.35. The van der Waals surface area contributed by atoms with Gasteiger partial charge in [0.1, 0.15) is 5.69 Å². The van der Waals surface area contributed by atoms with Gasteiger partial charge in [-0.1, -0.05) is 11.2 Å². The minimum atomic E-state index is -3.78. The van der Waals surface area contributed by atoms with E-state index in [1.54, 1.807) is 19.1 Å². The van der Waals surface area contributed by atoms with E-state index in [4.69, 9.17) is 9.63 Å². The van der Waals surface area contributed by atoms with Gasteiger partial charge in [0.2, 0.25) is 10.0 Å². The summed E-state index contributed by atoms with van der Waals surface area (Å²) in [6.07, 6.45) is 3.99. The molecule has 0 saturated carbocycles. The number of carboxylic acid groups (broad SMARTS) is 1. The number of hydrogen-bond acceptors (Lipinski definition) is 6. The normalized spacial score (nSPS) is 17.3. The largest absolute Gasteiger partial charge is 0.481 e. The summed E-state index contributed by atoms with van der Waals surface area (Å²) in [4.78, 5) is 12.1. The molecule has 0 spiro atoms. The maximum absolute atomic E-state index is 13.0. The molecule has 25 heavy (non-hydrogen) atoms. The van der Waals surface area contributed by atoms with Crippen LogP contribution in [-0.4, -0.2) is 42.0 Å². The molecule has 0 unspecified atom stereocenters. The van der Waals surface area contributed by atoms with Gasteiger partial charge in [-0.05, 0) is 43.4 Å². The molecular formula is C16H18N2O5S2. The Kier molecular flexibility index (Phi) is 5.07. The molecule has 9 heteroatoms. The summed E-state index contributed by atoms with van der Waals surface area (Å²) >= 11 is 1.53. The van der Waals surface area contributed by atoms with Gasteiger partial charge in [-0.25, -0.2) is 8.42 Å². The van der Waals surface area contributed by atoms with Crippen LogP contribution in [0.1, 0.15) is 29.2 Å². The van der Waals surface area contributed by atoms with Crippen molar-refractivity contribution in [1.29, 1.82) is 0 Å². The molecular weight excluding hydrogens is 364 g/mol. The molecule has 7 nitrogen and oxygen atoms in total. The lowest BCUT2D eigenvalue weighted by Gasteiger charge is -2.29. The van der Waals surface area contributed by atoms with Gasteiger partial charge >= 0.3 is 5.97 Å². The molecule has 0 aliphatic carbocycles. The molecule has 2 aromatic rings. The van der Waals surface area contributed by atoms with Crippen molar-refractivity contribution in [3.63, 3.8) is 0 Å². The van der Waals surface area contributed by atoms with Gasteiger partial charge in [0.25, 0.3) is 0 Å². The van der Waals surface area contributed by atoms with Crippen LogP contribution in [0.3, 0.4) is 0 Å². The van der Waals surface area contributed by atoms with E-state index in [0.717, 1.165) is 4.88 Å². The summed E-state index contributed by atoms with van der Waals surface area (Å²) in [7, 11) is -3.78. The molecule has 1 aliphatic heterocycles. The second kappa shape index (κ2) is 7.11. The second-order valence-electron chi connectivity index (χ2n) is 5.83. The standard InChI is InChI=1S/C16H18N2O5S2/c1-11-15(14(23-17-11)5-4-13-3-2-10-24-13)25(21,22)18-8-6-12(7-9-18)16(19)20/h2-5,10,12H,6-9H2,1H3,(H,19,20). The number of rotatable bonds is 5. The number of sulfonamides is 1. The zero-order chi connectivity index (χ0) is 18.0. The minimum Gasteiger partial charge on any atom is -0.481 e. The van der Waals surface area contributed by atoms with Crippen molar-refractivity contribution in [2.24, 2.45) is 5.92 Å². The van der Waals surface area contributed by atoms with Crippen molar-refractivity contribution >= 4 is 39.5 Å². The maximum atomic E-state index is 13.0. The zero-order valence-corrected chi connectivity index (χ0v) is 15.2. The number of piperidine rings is 1. The van der Waals surface area contributed by atoms with Crippen LogP contribution in [-0.2, 0) is 14.8 Å². The number of thiophene rings is 1. The third kappa shape index (κ3) is 3.68. The van der Waals surface area contributed by atoms with Crippen molar-refractivity contribution in [2.45, 2.75) is 24.7 Å². The summed E-state index contributed by atoms with van der Waals surface area (Å²) < 4.78 is 32.5. The van der Waals surface area contributed by atoms with Crippen LogP contribution < -0.4 is 0 Å². The van der Waals surface area contributed by atoms with Crippen LogP contribution in [0, 0.1) is 12.8 Å². The van der Waals surface area contributed by atoms with Crippen molar-refractivity contribution < 1.29 is 22.8 Å². The molecule has 0 radical (unpaired) electrons. The van der Waals surface area contributed by atoms with E-state index in [0.29, 0.717) is 18.5 Å². The SMILES string of the molecule is Cc1noc(C=Cc2cccs2)c1S(=O)(=O)N1CCC(C(=O)O)CC1. The molecule has 3 heterocycles. The average Bonchev–Trinajstić information content (AvgIpc) is 3.22. The third-order valence-electron chi connectivity index (χ3n) is 4.18. The smallest absolute Gasteiger partial charge is 0.306 e. The zero-order valence-electron chi connectivity index (χ0n) is 13.6. The first-order valence-electron chi connectivity index (χ1n) is 7.80.